The molecule has 2 aromatic rings. The first-order valence-corrected chi connectivity index (χ1v) is 5.78. The van der Waals surface area contributed by atoms with Crippen LogP contribution in [-0.4, -0.2) is 5.91 Å². The Hall–Kier alpha value is -2.09. The summed E-state index contributed by atoms with van der Waals surface area (Å²) in [5, 5.41) is 2.93. The Morgan fingerprint density at radius 3 is 2.29 bits per heavy atom. The smallest absolute Gasteiger partial charge is 0.222 e. The SMILES string of the molecule is O=C1CC(c2ccccc2-c2ccccc2)N1. The average Bonchev–Trinajstić information content (AvgIpc) is 2.36. The van der Waals surface area contributed by atoms with Gasteiger partial charge in [0.15, 0.2) is 0 Å². The van der Waals surface area contributed by atoms with E-state index in [1.165, 1.54) is 16.7 Å². The van der Waals surface area contributed by atoms with E-state index in [2.05, 4.69) is 29.6 Å². The lowest BCUT2D eigenvalue weighted by molar-refractivity contribution is -0.128. The van der Waals surface area contributed by atoms with Crippen LogP contribution in [0.15, 0.2) is 54.6 Å². The van der Waals surface area contributed by atoms with Crippen molar-refractivity contribution in [3.05, 3.63) is 60.2 Å². The van der Waals surface area contributed by atoms with Crippen LogP contribution in [0.1, 0.15) is 18.0 Å². The molecule has 1 unspecified atom stereocenters. The zero-order valence-corrected chi connectivity index (χ0v) is 9.39. The van der Waals surface area contributed by atoms with Gasteiger partial charge in [-0.3, -0.25) is 4.79 Å². The molecule has 2 heteroatoms. The van der Waals surface area contributed by atoms with Crippen molar-refractivity contribution in [2.45, 2.75) is 12.5 Å². The van der Waals surface area contributed by atoms with Crippen LogP contribution in [-0.2, 0) is 4.79 Å². The van der Waals surface area contributed by atoms with Gasteiger partial charge < -0.3 is 5.32 Å². The number of hydrogen-bond acceptors (Lipinski definition) is 1. The largest absolute Gasteiger partial charge is 0.349 e. The number of benzene rings is 2. The molecule has 1 fully saturated rings. The molecular weight excluding hydrogens is 210 g/mol. The van der Waals surface area contributed by atoms with Gasteiger partial charge in [-0.2, -0.15) is 0 Å². The normalized spacial score (nSPS) is 18.4. The molecule has 1 saturated heterocycles. The molecule has 0 saturated carbocycles. The summed E-state index contributed by atoms with van der Waals surface area (Å²) < 4.78 is 0. The van der Waals surface area contributed by atoms with Crippen LogP contribution >= 0.6 is 0 Å². The van der Waals surface area contributed by atoms with Crippen molar-refractivity contribution in [1.29, 1.82) is 0 Å². The lowest BCUT2D eigenvalue weighted by atomic mass is 9.90. The van der Waals surface area contributed by atoms with E-state index in [-0.39, 0.29) is 11.9 Å². The summed E-state index contributed by atoms with van der Waals surface area (Å²) in [4.78, 5) is 11.0. The Morgan fingerprint density at radius 1 is 0.941 bits per heavy atom. The minimum atomic E-state index is 0.137. The van der Waals surface area contributed by atoms with Crippen LogP contribution in [0.25, 0.3) is 11.1 Å². The molecule has 0 aromatic heterocycles. The first-order chi connectivity index (χ1) is 8.34. The Bertz CT molecular complexity index is 540. The van der Waals surface area contributed by atoms with E-state index < -0.39 is 0 Å². The lowest BCUT2D eigenvalue weighted by Gasteiger charge is -2.29. The van der Waals surface area contributed by atoms with Crippen molar-refractivity contribution in [3.63, 3.8) is 0 Å². The molecule has 0 aliphatic carbocycles. The van der Waals surface area contributed by atoms with E-state index in [1.54, 1.807) is 0 Å². The van der Waals surface area contributed by atoms with Crippen LogP contribution in [0.2, 0.25) is 0 Å². The summed E-state index contributed by atoms with van der Waals surface area (Å²) >= 11 is 0. The molecule has 1 aliphatic rings. The Labute approximate surface area is 100 Å². The number of β-lactam (4-membered cyclic amide) rings is 1. The third-order valence-electron chi connectivity index (χ3n) is 3.15. The number of amides is 1. The number of carbonyl (C=O) groups excluding carboxylic acids is 1. The van der Waals surface area contributed by atoms with E-state index in [9.17, 15) is 4.79 Å². The summed E-state index contributed by atoms with van der Waals surface area (Å²) in [5.41, 5.74) is 3.61. The van der Waals surface area contributed by atoms with Crippen LogP contribution < -0.4 is 5.32 Å². The Kier molecular flexibility index (Phi) is 2.41. The van der Waals surface area contributed by atoms with Gasteiger partial charge in [-0.15, -0.1) is 0 Å². The van der Waals surface area contributed by atoms with Crippen LogP contribution in [0.5, 0.6) is 0 Å². The van der Waals surface area contributed by atoms with Crippen molar-refractivity contribution in [3.8, 4) is 11.1 Å². The van der Waals surface area contributed by atoms with Gasteiger partial charge in [0.05, 0.1) is 12.5 Å². The zero-order chi connectivity index (χ0) is 11.7. The molecule has 17 heavy (non-hydrogen) atoms. The first kappa shape index (κ1) is 10.1. The standard InChI is InChI=1S/C15H13NO/c17-15-10-14(16-15)13-9-5-4-8-12(13)11-6-2-1-3-7-11/h1-9,14H,10H2,(H,16,17). The molecule has 2 aromatic carbocycles. The molecule has 1 heterocycles. The predicted octanol–water partition coefficient (Wildman–Crippen LogP) is 2.91. The van der Waals surface area contributed by atoms with Crippen molar-refractivity contribution in [2.75, 3.05) is 0 Å². The van der Waals surface area contributed by atoms with E-state index in [1.807, 2.05) is 30.3 Å². The highest BCUT2D eigenvalue weighted by molar-refractivity contribution is 5.84. The first-order valence-electron chi connectivity index (χ1n) is 5.78. The highest BCUT2D eigenvalue weighted by Crippen LogP contribution is 2.32. The second-order valence-electron chi connectivity index (χ2n) is 4.28. The highest BCUT2D eigenvalue weighted by Gasteiger charge is 2.28. The number of nitrogens with one attached hydrogen (secondary N) is 1. The minimum absolute atomic E-state index is 0.137. The summed E-state index contributed by atoms with van der Waals surface area (Å²) in [6.07, 6.45) is 0.601. The third kappa shape index (κ3) is 1.82. The predicted molar refractivity (Wildman–Crippen MR) is 67.4 cm³/mol. The van der Waals surface area contributed by atoms with Crippen LogP contribution in [0, 0.1) is 0 Å². The van der Waals surface area contributed by atoms with Gasteiger partial charge in [-0.05, 0) is 16.7 Å². The quantitative estimate of drug-likeness (QED) is 0.779. The van der Waals surface area contributed by atoms with E-state index in [0.717, 1.165) is 0 Å². The maximum Gasteiger partial charge on any atom is 0.222 e. The number of hydrogen-bond donors (Lipinski definition) is 1. The van der Waals surface area contributed by atoms with E-state index >= 15 is 0 Å². The molecular formula is C15H13NO. The monoisotopic (exact) mass is 223 g/mol. The second kappa shape index (κ2) is 4.06. The van der Waals surface area contributed by atoms with Gasteiger partial charge >= 0.3 is 0 Å². The minimum Gasteiger partial charge on any atom is -0.349 e. The summed E-state index contributed by atoms with van der Waals surface area (Å²) in [7, 11) is 0. The fourth-order valence-corrected chi connectivity index (χ4v) is 2.23. The van der Waals surface area contributed by atoms with E-state index in [4.69, 9.17) is 0 Å². The molecule has 1 N–H and O–H groups in total. The maximum absolute atomic E-state index is 11.0. The fourth-order valence-electron chi connectivity index (χ4n) is 2.23. The molecule has 2 nitrogen and oxygen atoms in total. The van der Waals surface area contributed by atoms with Gasteiger partial charge in [0.2, 0.25) is 5.91 Å². The third-order valence-corrected chi connectivity index (χ3v) is 3.15. The molecule has 0 spiro atoms. The molecule has 1 aliphatic heterocycles. The van der Waals surface area contributed by atoms with E-state index in [0.29, 0.717) is 6.42 Å². The van der Waals surface area contributed by atoms with Crippen LogP contribution in [0.4, 0.5) is 0 Å². The van der Waals surface area contributed by atoms with Crippen molar-refractivity contribution < 1.29 is 4.79 Å². The fraction of sp³-hybridized carbons (Fsp3) is 0.133. The highest BCUT2D eigenvalue weighted by atomic mass is 16.2. The van der Waals surface area contributed by atoms with Crippen molar-refractivity contribution >= 4 is 5.91 Å². The van der Waals surface area contributed by atoms with Crippen molar-refractivity contribution in [1.82, 2.24) is 5.32 Å². The van der Waals surface area contributed by atoms with Crippen molar-refractivity contribution in [2.24, 2.45) is 0 Å². The molecule has 1 atom stereocenters. The molecule has 0 radical (unpaired) electrons. The molecule has 84 valence electrons. The van der Waals surface area contributed by atoms with Gasteiger partial charge in [0.25, 0.3) is 0 Å². The average molecular weight is 223 g/mol. The number of carbonyl (C=O) groups is 1. The van der Waals surface area contributed by atoms with Gasteiger partial charge in [0.1, 0.15) is 0 Å². The van der Waals surface area contributed by atoms with Crippen LogP contribution in [0.3, 0.4) is 0 Å². The molecule has 3 rings (SSSR count). The Morgan fingerprint density at radius 2 is 1.59 bits per heavy atom. The molecule has 0 bridgehead atoms. The Balaban J connectivity index is 2.02. The van der Waals surface area contributed by atoms with Gasteiger partial charge in [-0.1, -0.05) is 54.6 Å². The lowest BCUT2D eigenvalue weighted by Crippen LogP contribution is -2.41. The molecule has 1 amide bonds. The zero-order valence-electron chi connectivity index (χ0n) is 9.39. The van der Waals surface area contributed by atoms with Gasteiger partial charge in [-0.25, -0.2) is 0 Å². The summed E-state index contributed by atoms with van der Waals surface area (Å²) in [6, 6.07) is 18.7. The van der Waals surface area contributed by atoms with Gasteiger partial charge in [0, 0.05) is 0 Å². The topological polar surface area (TPSA) is 29.1 Å². The summed E-state index contributed by atoms with van der Waals surface area (Å²) in [6.45, 7) is 0. The maximum atomic E-state index is 11.0. The summed E-state index contributed by atoms with van der Waals surface area (Å²) in [5.74, 6) is 0.137. The number of rotatable bonds is 2. The second-order valence-corrected chi connectivity index (χ2v) is 4.28.